The lowest BCUT2D eigenvalue weighted by atomic mass is 10.1. The number of hydrogen-bond acceptors (Lipinski definition) is 6. The van der Waals surface area contributed by atoms with E-state index in [0.29, 0.717) is 22.7 Å². The Balaban J connectivity index is 1.53. The van der Waals surface area contributed by atoms with Gasteiger partial charge in [0.1, 0.15) is 5.76 Å². The molecule has 0 radical (unpaired) electrons. The van der Waals surface area contributed by atoms with Crippen LogP contribution in [0.2, 0.25) is 0 Å². The molecule has 9 heteroatoms. The van der Waals surface area contributed by atoms with E-state index in [0.717, 1.165) is 11.1 Å². The van der Waals surface area contributed by atoms with E-state index in [-0.39, 0.29) is 18.1 Å². The van der Waals surface area contributed by atoms with E-state index >= 15 is 0 Å². The van der Waals surface area contributed by atoms with Crippen LogP contribution in [-0.2, 0) is 6.54 Å². The van der Waals surface area contributed by atoms with Crippen molar-refractivity contribution in [2.45, 2.75) is 20.4 Å². The van der Waals surface area contributed by atoms with Crippen molar-refractivity contribution in [2.75, 3.05) is 5.32 Å². The molecule has 0 saturated carbocycles. The molecular formula is C22H19N5O4. The summed E-state index contributed by atoms with van der Waals surface area (Å²) in [6, 6.07) is 18.8. The molecule has 0 aliphatic carbocycles. The van der Waals surface area contributed by atoms with Crippen molar-refractivity contribution >= 4 is 17.4 Å². The number of benzene rings is 2. The van der Waals surface area contributed by atoms with Crippen LogP contribution in [0.4, 0.5) is 11.5 Å². The Labute approximate surface area is 177 Å². The first-order chi connectivity index (χ1) is 14.9. The zero-order valence-corrected chi connectivity index (χ0v) is 16.9. The minimum absolute atomic E-state index is 0.113. The third-order valence-electron chi connectivity index (χ3n) is 4.91. The van der Waals surface area contributed by atoms with E-state index in [9.17, 15) is 14.9 Å². The van der Waals surface area contributed by atoms with E-state index < -0.39 is 10.8 Å². The number of aryl methyl sites for hydroxylation is 2. The van der Waals surface area contributed by atoms with Gasteiger partial charge in [0.2, 0.25) is 0 Å². The molecule has 4 rings (SSSR count). The van der Waals surface area contributed by atoms with Gasteiger partial charge >= 0.3 is 5.82 Å². The molecule has 0 unspecified atom stereocenters. The van der Waals surface area contributed by atoms with E-state index in [1.165, 1.54) is 10.7 Å². The van der Waals surface area contributed by atoms with Gasteiger partial charge in [-0.3, -0.25) is 4.79 Å². The maximum absolute atomic E-state index is 12.8. The summed E-state index contributed by atoms with van der Waals surface area (Å²) in [6.07, 6.45) is 0. The molecule has 0 fully saturated rings. The number of rotatable bonds is 6. The Morgan fingerprint density at radius 3 is 2.42 bits per heavy atom. The number of nitrogens with one attached hydrogen (secondary N) is 1. The van der Waals surface area contributed by atoms with Gasteiger partial charge in [-0.15, -0.1) is 0 Å². The first-order valence-corrected chi connectivity index (χ1v) is 9.53. The summed E-state index contributed by atoms with van der Waals surface area (Å²) in [5, 5.41) is 21.6. The molecule has 2 aromatic carbocycles. The summed E-state index contributed by atoms with van der Waals surface area (Å²) in [5.41, 5.74) is 3.95. The number of amides is 1. The van der Waals surface area contributed by atoms with Crippen molar-refractivity contribution < 1.29 is 14.2 Å². The second-order valence-electron chi connectivity index (χ2n) is 7.02. The lowest BCUT2D eigenvalue weighted by molar-refractivity contribution is -0.389. The Bertz CT molecular complexity index is 1240. The molecule has 0 aliphatic rings. The van der Waals surface area contributed by atoms with E-state index in [1.54, 1.807) is 13.8 Å². The molecule has 0 aliphatic heterocycles. The standard InChI is InChI=1S/C22H19N5O4/c1-14-12-20(27(29)30)24-26(14)13-19-15(2)31-25-21(19)22(28)23-18-10-8-17(9-11-18)16-6-4-3-5-7-16/h3-12H,13H2,1-2H3,(H,23,28). The van der Waals surface area contributed by atoms with Gasteiger partial charge < -0.3 is 20.0 Å². The van der Waals surface area contributed by atoms with Gasteiger partial charge in [-0.05, 0) is 42.0 Å². The molecule has 31 heavy (non-hydrogen) atoms. The van der Waals surface area contributed by atoms with Crippen LogP contribution in [0.1, 0.15) is 27.5 Å². The Morgan fingerprint density at radius 1 is 1.10 bits per heavy atom. The Hall–Kier alpha value is -4.27. The number of nitrogens with zero attached hydrogens (tertiary/aromatic N) is 4. The molecule has 0 spiro atoms. The molecule has 2 heterocycles. The summed E-state index contributed by atoms with van der Waals surface area (Å²) in [6.45, 7) is 3.52. The molecular weight excluding hydrogens is 398 g/mol. The number of carbonyl (C=O) groups is 1. The second kappa shape index (κ2) is 8.23. The quantitative estimate of drug-likeness (QED) is 0.368. The molecule has 2 aromatic heterocycles. The number of nitro groups is 1. The summed E-state index contributed by atoms with van der Waals surface area (Å²) >= 11 is 0. The van der Waals surface area contributed by atoms with Crippen LogP contribution in [0, 0.1) is 24.0 Å². The number of aromatic nitrogens is 3. The summed E-state index contributed by atoms with van der Waals surface area (Å²) < 4.78 is 6.66. The maximum Gasteiger partial charge on any atom is 0.390 e. The van der Waals surface area contributed by atoms with Gasteiger partial charge in [0, 0.05) is 5.69 Å². The van der Waals surface area contributed by atoms with Crippen molar-refractivity contribution in [1.82, 2.24) is 14.9 Å². The topological polar surface area (TPSA) is 116 Å². The van der Waals surface area contributed by atoms with Crippen molar-refractivity contribution in [2.24, 2.45) is 0 Å². The average Bonchev–Trinajstić information content (AvgIpc) is 3.32. The normalized spacial score (nSPS) is 10.8. The van der Waals surface area contributed by atoms with Gasteiger partial charge in [0.05, 0.1) is 29.0 Å². The van der Waals surface area contributed by atoms with Crippen LogP contribution in [-0.4, -0.2) is 25.8 Å². The fourth-order valence-electron chi connectivity index (χ4n) is 3.21. The van der Waals surface area contributed by atoms with Gasteiger partial charge in [-0.1, -0.05) is 47.6 Å². The predicted molar refractivity (Wildman–Crippen MR) is 114 cm³/mol. The zero-order valence-electron chi connectivity index (χ0n) is 16.9. The fourth-order valence-corrected chi connectivity index (χ4v) is 3.21. The molecule has 1 N–H and O–H groups in total. The van der Waals surface area contributed by atoms with E-state index in [2.05, 4.69) is 15.6 Å². The van der Waals surface area contributed by atoms with Crippen molar-refractivity contribution in [3.8, 4) is 11.1 Å². The van der Waals surface area contributed by atoms with Crippen LogP contribution in [0.15, 0.2) is 65.2 Å². The van der Waals surface area contributed by atoms with Crippen LogP contribution >= 0.6 is 0 Å². The first kappa shape index (κ1) is 20.0. The molecule has 4 aromatic rings. The van der Waals surface area contributed by atoms with E-state index in [1.807, 2.05) is 54.6 Å². The summed E-state index contributed by atoms with van der Waals surface area (Å²) in [5.74, 6) is -0.239. The zero-order chi connectivity index (χ0) is 22.0. The van der Waals surface area contributed by atoms with Gasteiger partial charge in [0.25, 0.3) is 5.91 Å². The van der Waals surface area contributed by atoms with Crippen molar-refractivity contribution in [3.05, 3.63) is 93.5 Å². The molecule has 0 saturated heterocycles. The molecule has 156 valence electrons. The average molecular weight is 417 g/mol. The maximum atomic E-state index is 12.8. The fraction of sp³-hybridized carbons (Fsp3) is 0.136. The highest BCUT2D eigenvalue weighted by Gasteiger charge is 2.24. The van der Waals surface area contributed by atoms with Gasteiger partial charge in [-0.25, -0.2) is 0 Å². The van der Waals surface area contributed by atoms with Crippen molar-refractivity contribution in [3.63, 3.8) is 0 Å². The molecule has 0 atom stereocenters. The third-order valence-corrected chi connectivity index (χ3v) is 4.91. The minimum Gasteiger partial charge on any atom is -0.361 e. The number of anilines is 1. The Morgan fingerprint density at radius 2 is 1.77 bits per heavy atom. The van der Waals surface area contributed by atoms with Crippen LogP contribution in [0.5, 0.6) is 0 Å². The largest absolute Gasteiger partial charge is 0.390 e. The molecule has 1 amide bonds. The minimum atomic E-state index is -0.559. The highest BCUT2D eigenvalue weighted by atomic mass is 16.6. The van der Waals surface area contributed by atoms with Crippen LogP contribution < -0.4 is 5.32 Å². The SMILES string of the molecule is Cc1onc(C(=O)Nc2ccc(-c3ccccc3)cc2)c1Cn1nc([N+](=O)[O-])cc1C. The van der Waals surface area contributed by atoms with Gasteiger partial charge in [-0.2, -0.15) is 4.68 Å². The number of carbonyl (C=O) groups excluding carboxylic acids is 1. The predicted octanol–water partition coefficient (Wildman–Crippen LogP) is 4.36. The smallest absolute Gasteiger partial charge is 0.361 e. The van der Waals surface area contributed by atoms with Crippen LogP contribution in [0.25, 0.3) is 11.1 Å². The first-order valence-electron chi connectivity index (χ1n) is 9.53. The summed E-state index contributed by atoms with van der Waals surface area (Å²) in [7, 11) is 0. The Kier molecular flexibility index (Phi) is 5.31. The third kappa shape index (κ3) is 4.20. The van der Waals surface area contributed by atoms with Crippen LogP contribution in [0.3, 0.4) is 0 Å². The summed E-state index contributed by atoms with van der Waals surface area (Å²) in [4.78, 5) is 23.2. The second-order valence-corrected chi connectivity index (χ2v) is 7.02. The monoisotopic (exact) mass is 417 g/mol. The van der Waals surface area contributed by atoms with Crippen molar-refractivity contribution in [1.29, 1.82) is 0 Å². The molecule has 9 nitrogen and oxygen atoms in total. The molecule has 0 bridgehead atoms. The lowest BCUT2D eigenvalue weighted by Crippen LogP contribution is -2.16. The van der Waals surface area contributed by atoms with E-state index in [4.69, 9.17) is 4.52 Å². The highest BCUT2D eigenvalue weighted by Crippen LogP contribution is 2.23. The number of hydrogen-bond donors (Lipinski definition) is 1. The highest BCUT2D eigenvalue weighted by molar-refractivity contribution is 6.04. The van der Waals surface area contributed by atoms with Gasteiger partial charge in [0.15, 0.2) is 5.69 Å². The lowest BCUT2D eigenvalue weighted by Gasteiger charge is -2.07.